The van der Waals surface area contributed by atoms with E-state index in [9.17, 15) is 14.0 Å². The summed E-state index contributed by atoms with van der Waals surface area (Å²) < 4.78 is 12.8. The van der Waals surface area contributed by atoms with Crippen LogP contribution in [-0.4, -0.2) is 23.5 Å². The number of rotatable bonds is 5. The molecular formula is C15H15FN4O2S2. The molecule has 0 atom stereocenters. The predicted molar refractivity (Wildman–Crippen MR) is 93.8 cm³/mol. The summed E-state index contributed by atoms with van der Waals surface area (Å²) in [5.74, 6) is -1.06. The second-order valence-corrected chi connectivity index (χ2v) is 6.00. The first kappa shape index (κ1) is 17.8. The van der Waals surface area contributed by atoms with E-state index in [1.54, 1.807) is 29.6 Å². The van der Waals surface area contributed by atoms with Crippen LogP contribution < -0.4 is 21.5 Å². The number of carbonyl (C=O) groups excluding carboxylic acids is 2. The molecule has 0 aliphatic carbocycles. The van der Waals surface area contributed by atoms with E-state index in [2.05, 4.69) is 21.5 Å². The Bertz CT molecular complexity index is 705. The van der Waals surface area contributed by atoms with Crippen molar-refractivity contribution in [3.63, 3.8) is 0 Å². The highest BCUT2D eigenvalue weighted by atomic mass is 32.1. The van der Waals surface area contributed by atoms with Crippen LogP contribution >= 0.6 is 23.6 Å². The molecular weight excluding hydrogens is 351 g/mol. The molecule has 6 nitrogen and oxygen atoms in total. The molecule has 0 radical (unpaired) electrons. The fourth-order valence-electron chi connectivity index (χ4n) is 1.65. The highest BCUT2D eigenvalue weighted by molar-refractivity contribution is 7.80. The van der Waals surface area contributed by atoms with Crippen LogP contribution in [0, 0.1) is 5.82 Å². The van der Waals surface area contributed by atoms with Gasteiger partial charge in [0.2, 0.25) is 0 Å². The van der Waals surface area contributed by atoms with Gasteiger partial charge in [0, 0.05) is 6.54 Å². The minimum atomic E-state index is -0.439. The van der Waals surface area contributed by atoms with Crippen LogP contribution in [0.3, 0.4) is 0 Å². The van der Waals surface area contributed by atoms with Gasteiger partial charge in [-0.3, -0.25) is 20.4 Å². The van der Waals surface area contributed by atoms with Crippen molar-refractivity contribution in [1.82, 2.24) is 21.5 Å². The molecule has 24 heavy (non-hydrogen) atoms. The molecule has 0 saturated heterocycles. The monoisotopic (exact) mass is 366 g/mol. The van der Waals surface area contributed by atoms with E-state index in [1.807, 2.05) is 0 Å². The number of hydrogen-bond donors (Lipinski definition) is 4. The Morgan fingerprint density at radius 1 is 1.08 bits per heavy atom. The molecule has 0 aliphatic heterocycles. The lowest BCUT2D eigenvalue weighted by atomic mass is 10.2. The number of nitrogens with one attached hydrogen (secondary N) is 4. The average molecular weight is 366 g/mol. The van der Waals surface area contributed by atoms with Crippen molar-refractivity contribution >= 4 is 40.5 Å². The molecule has 2 rings (SSSR count). The van der Waals surface area contributed by atoms with Gasteiger partial charge in [-0.2, -0.15) is 0 Å². The molecule has 0 fully saturated rings. The lowest BCUT2D eigenvalue weighted by Gasteiger charge is -2.12. The number of thiophene rings is 1. The smallest absolute Gasteiger partial charge is 0.261 e. The third kappa shape index (κ3) is 5.94. The number of hydrogen-bond acceptors (Lipinski definition) is 4. The lowest BCUT2D eigenvalue weighted by Crippen LogP contribution is -2.49. The van der Waals surface area contributed by atoms with Gasteiger partial charge in [-0.05, 0) is 41.4 Å². The maximum Gasteiger partial charge on any atom is 0.261 e. The first-order chi connectivity index (χ1) is 11.5. The van der Waals surface area contributed by atoms with Crippen LogP contribution in [-0.2, 0) is 11.3 Å². The molecule has 1 aromatic heterocycles. The molecule has 0 bridgehead atoms. The van der Waals surface area contributed by atoms with Gasteiger partial charge in [-0.15, -0.1) is 11.3 Å². The Morgan fingerprint density at radius 3 is 2.50 bits per heavy atom. The third-order valence-corrected chi connectivity index (χ3v) is 3.95. The zero-order valence-electron chi connectivity index (χ0n) is 12.5. The summed E-state index contributed by atoms with van der Waals surface area (Å²) in [6, 6.07) is 9.39. The summed E-state index contributed by atoms with van der Waals surface area (Å²) in [6.45, 7) is 0.210. The highest BCUT2D eigenvalue weighted by Crippen LogP contribution is 2.07. The van der Waals surface area contributed by atoms with Crippen molar-refractivity contribution in [3.05, 3.63) is 58.0 Å². The van der Waals surface area contributed by atoms with Crippen molar-refractivity contribution in [2.24, 2.45) is 0 Å². The van der Waals surface area contributed by atoms with Crippen LogP contribution in [0.4, 0.5) is 4.39 Å². The predicted octanol–water partition coefficient (Wildman–Crippen LogP) is 1.31. The van der Waals surface area contributed by atoms with E-state index in [-0.39, 0.29) is 23.4 Å². The van der Waals surface area contributed by atoms with Gasteiger partial charge in [0.25, 0.3) is 11.8 Å². The number of amides is 2. The molecule has 2 amide bonds. The topological polar surface area (TPSA) is 82.3 Å². The van der Waals surface area contributed by atoms with Crippen molar-refractivity contribution in [3.8, 4) is 0 Å². The molecule has 1 aromatic carbocycles. The van der Waals surface area contributed by atoms with Crippen molar-refractivity contribution in [2.45, 2.75) is 6.54 Å². The fraction of sp³-hybridized carbons (Fsp3) is 0.133. The summed E-state index contributed by atoms with van der Waals surface area (Å²) >= 11 is 6.29. The van der Waals surface area contributed by atoms with Crippen LogP contribution in [0.5, 0.6) is 0 Å². The van der Waals surface area contributed by atoms with E-state index in [1.165, 1.54) is 23.5 Å². The number of thiocarbonyl (C=S) groups is 1. The zero-order valence-corrected chi connectivity index (χ0v) is 14.1. The lowest BCUT2D eigenvalue weighted by molar-refractivity contribution is -0.120. The molecule has 0 aliphatic rings. The molecule has 0 spiro atoms. The highest BCUT2D eigenvalue weighted by Gasteiger charge is 2.08. The van der Waals surface area contributed by atoms with Crippen molar-refractivity contribution in [2.75, 3.05) is 6.54 Å². The van der Waals surface area contributed by atoms with Gasteiger partial charge >= 0.3 is 0 Å². The Kier molecular flexibility index (Phi) is 6.64. The molecule has 0 saturated carbocycles. The second-order valence-electron chi connectivity index (χ2n) is 4.64. The van der Waals surface area contributed by atoms with E-state index >= 15 is 0 Å². The zero-order chi connectivity index (χ0) is 17.4. The third-order valence-electron chi connectivity index (χ3n) is 2.84. The summed E-state index contributed by atoms with van der Waals surface area (Å²) in [5, 5.41) is 7.34. The van der Waals surface area contributed by atoms with Gasteiger partial charge in [-0.25, -0.2) is 4.39 Å². The minimum Gasteiger partial charge on any atom is -0.357 e. The van der Waals surface area contributed by atoms with Crippen LogP contribution in [0.2, 0.25) is 0 Å². The maximum atomic E-state index is 12.8. The molecule has 1 heterocycles. The van der Waals surface area contributed by atoms with Crippen molar-refractivity contribution < 1.29 is 14.0 Å². The Labute approximate surface area is 147 Å². The van der Waals surface area contributed by atoms with Crippen LogP contribution in [0.15, 0.2) is 41.8 Å². The summed E-state index contributed by atoms with van der Waals surface area (Å²) in [6.07, 6.45) is 0. The largest absolute Gasteiger partial charge is 0.357 e. The second kappa shape index (κ2) is 8.94. The standard InChI is InChI=1S/C15H15FN4O2S2/c16-11-5-3-10(4-6-11)8-18-15(23)20-19-13(21)9-17-14(22)12-2-1-7-24-12/h1-7H,8-9H2,(H,17,22)(H,19,21)(H2,18,20,23). The number of benzene rings is 1. The summed E-state index contributed by atoms with van der Waals surface area (Å²) in [7, 11) is 0. The van der Waals surface area contributed by atoms with Gasteiger partial charge in [0.15, 0.2) is 5.11 Å². The Hall–Kier alpha value is -2.52. The Morgan fingerprint density at radius 2 is 1.83 bits per heavy atom. The maximum absolute atomic E-state index is 12.8. The summed E-state index contributed by atoms with van der Waals surface area (Å²) in [4.78, 5) is 23.8. The molecule has 9 heteroatoms. The van der Waals surface area contributed by atoms with Crippen molar-refractivity contribution in [1.29, 1.82) is 0 Å². The van der Waals surface area contributed by atoms with Crippen LogP contribution in [0.25, 0.3) is 0 Å². The minimum absolute atomic E-state index is 0.176. The first-order valence-corrected chi connectivity index (χ1v) is 8.22. The normalized spacial score (nSPS) is 9.88. The molecule has 126 valence electrons. The summed E-state index contributed by atoms with van der Waals surface area (Å²) in [5.41, 5.74) is 5.73. The van der Waals surface area contributed by atoms with Gasteiger partial charge < -0.3 is 10.6 Å². The number of hydrazine groups is 1. The molecule has 2 aromatic rings. The van der Waals surface area contributed by atoms with E-state index in [4.69, 9.17) is 12.2 Å². The van der Waals surface area contributed by atoms with Crippen LogP contribution in [0.1, 0.15) is 15.2 Å². The number of carbonyl (C=O) groups is 2. The average Bonchev–Trinajstić information content (AvgIpc) is 3.12. The van der Waals surface area contributed by atoms with E-state index in [0.29, 0.717) is 11.4 Å². The molecule has 0 unspecified atom stereocenters. The van der Waals surface area contributed by atoms with Gasteiger partial charge in [0.05, 0.1) is 11.4 Å². The van der Waals surface area contributed by atoms with E-state index < -0.39 is 5.91 Å². The fourth-order valence-corrected chi connectivity index (χ4v) is 2.42. The van der Waals surface area contributed by atoms with E-state index in [0.717, 1.165) is 5.56 Å². The Balaban J connectivity index is 1.63. The SMILES string of the molecule is O=C(CNC(=O)c1cccs1)NNC(=S)NCc1ccc(F)cc1. The quantitative estimate of drug-likeness (QED) is 0.474. The first-order valence-electron chi connectivity index (χ1n) is 6.93. The number of halogens is 1. The van der Waals surface area contributed by atoms with Gasteiger partial charge in [0.1, 0.15) is 5.82 Å². The van der Waals surface area contributed by atoms with Gasteiger partial charge in [-0.1, -0.05) is 18.2 Å². The molecule has 4 N–H and O–H groups in total.